The van der Waals surface area contributed by atoms with Crippen LogP contribution in [0.3, 0.4) is 0 Å². The highest BCUT2D eigenvalue weighted by molar-refractivity contribution is 5.69. The summed E-state index contributed by atoms with van der Waals surface area (Å²) in [5.41, 5.74) is 0.889. The second-order valence-corrected chi connectivity index (χ2v) is 3.37. The molecule has 0 saturated heterocycles. The minimum atomic E-state index is -0.186. The zero-order valence-corrected chi connectivity index (χ0v) is 6.86. The molecule has 0 aliphatic heterocycles. The fourth-order valence-electron chi connectivity index (χ4n) is 1.69. The molecule has 12 heavy (non-hydrogen) atoms. The lowest BCUT2D eigenvalue weighted by molar-refractivity contribution is -0.115. The van der Waals surface area contributed by atoms with Crippen molar-refractivity contribution in [2.75, 3.05) is 0 Å². The lowest BCUT2D eigenvalue weighted by atomic mass is 9.66. The summed E-state index contributed by atoms with van der Waals surface area (Å²) in [6.07, 6.45) is 7.75. The van der Waals surface area contributed by atoms with E-state index in [1.807, 2.05) is 12.1 Å². The number of nitrogens with zero attached hydrogens (tertiary/aromatic N) is 1. The number of aromatic nitrogens is 1. The minimum Gasteiger partial charge on any atom is -0.302 e. The zero-order chi connectivity index (χ0) is 8.44. The number of aldehydes is 1. The molecule has 0 amide bonds. The van der Waals surface area contributed by atoms with Gasteiger partial charge in [0.2, 0.25) is 0 Å². The standard InChI is InChI=1S/C10H11NO/c12-8-10(4-2-5-10)9-3-1-6-11-7-9/h1,3,6-8H,2,4-5H2. The maximum absolute atomic E-state index is 10.9. The Labute approximate surface area is 71.6 Å². The second-order valence-electron chi connectivity index (χ2n) is 3.37. The van der Waals surface area contributed by atoms with Crippen LogP contribution in [0.25, 0.3) is 0 Å². The molecule has 1 aromatic rings. The van der Waals surface area contributed by atoms with Crippen LogP contribution in [-0.4, -0.2) is 11.3 Å². The van der Waals surface area contributed by atoms with E-state index in [9.17, 15) is 4.79 Å². The third-order valence-corrected chi connectivity index (χ3v) is 2.71. The minimum absolute atomic E-state index is 0.186. The summed E-state index contributed by atoms with van der Waals surface area (Å²) < 4.78 is 0. The Bertz CT molecular complexity index is 277. The highest BCUT2D eigenvalue weighted by atomic mass is 16.1. The SMILES string of the molecule is O=CC1(c2cccnc2)CCC1. The quantitative estimate of drug-likeness (QED) is 0.618. The molecule has 2 rings (SSSR count). The first-order chi connectivity index (χ1) is 5.87. The molecular weight excluding hydrogens is 150 g/mol. The molecule has 62 valence electrons. The fourth-order valence-corrected chi connectivity index (χ4v) is 1.69. The molecule has 0 aromatic carbocycles. The Morgan fingerprint density at radius 2 is 2.33 bits per heavy atom. The molecule has 1 heterocycles. The van der Waals surface area contributed by atoms with Crippen LogP contribution in [0.5, 0.6) is 0 Å². The molecule has 1 aliphatic carbocycles. The van der Waals surface area contributed by atoms with Crippen LogP contribution < -0.4 is 0 Å². The summed E-state index contributed by atoms with van der Waals surface area (Å²) in [6.45, 7) is 0. The summed E-state index contributed by atoms with van der Waals surface area (Å²) in [5.74, 6) is 0. The summed E-state index contributed by atoms with van der Waals surface area (Å²) in [7, 11) is 0. The first-order valence-corrected chi connectivity index (χ1v) is 4.24. The molecule has 2 heteroatoms. The average molecular weight is 161 g/mol. The Balaban J connectivity index is 2.34. The van der Waals surface area contributed by atoms with Gasteiger partial charge in [-0.05, 0) is 24.5 Å². The maximum Gasteiger partial charge on any atom is 0.130 e. The van der Waals surface area contributed by atoms with Gasteiger partial charge in [0.1, 0.15) is 6.29 Å². The van der Waals surface area contributed by atoms with Crippen molar-refractivity contribution in [3.05, 3.63) is 30.1 Å². The lowest BCUT2D eigenvalue weighted by Gasteiger charge is -2.36. The van der Waals surface area contributed by atoms with Crippen LogP contribution in [0.4, 0.5) is 0 Å². The Morgan fingerprint density at radius 3 is 2.75 bits per heavy atom. The van der Waals surface area contributed by atoms with Gasteiger partial charge in [-0.3, -0.25) is 4.98 Å². The number of carbonyl (C=O) groups is 1. The molecule has 1 aromatic heterocycles. The summed E-state index contributed by atoms with van der Waals surface area (Å²) in [5, 5.41) is 0. The van der Waals surface area contributed by atoms with Crippen molar-refractivity contribution in [2.24, 2.45) is 0 Å². The predicted octanol–water partition coefficient (Wildman–Crippen LogP) is 1.70. The van der Waals surface area contributed by atoms with Crippen molar-refractivity contribution in [1.82, 2.24) is 4.98 Å². The highest BCUT2D eigenvalue weighted by Gasteiger charge is 2.38. The van der Waals surface area contributed by atoms with E-state index in [2.05, 4.69) is 4.98 Å². The molecule has 2 nitrogen and oxygen atoms in total. The summed E-state index contributed by atoms with van der Waals surface area (Å²) >= 11 is 0. The Hall–Kier alpha value is -1.18. The van der Waals surface area contributed by atoms with Crippen molar-refractivity contribution in [2.45, 2.75) is 24.7 Å². The monoisotopic (exact) mass is 161 g/mol. The third-order valence-electron chi connectivity index (χ3n) is 2.71. The van der Waals surface area contributed by atoms with E-state index in [1.165, 1.54) is 0 Å². The fraction of sp³-hybridized carbons (Fsp3) is 0.400. The molecule has 1 fully saturated rings. The van der Waals surface area contributed by atoms with Crippen molar-refractivity contribution in [3.8, 4) is 0 Å². The van der Waals surface area contributed by atoms with E-state index in [4.69, 9.17) is 0 Å². The second kappa shape index (κ2) is 2.70. The van der Waals surface area contributed by atoms with E-state index >= 15 is 0 Å². The third kappa shape index (κ3) is 0.951. The average Bonchev–Trinajstić information content (AvgIpc) is 2.05. The first-order valence-electron chi connectivity index (χ1n) is 4.24. The maximum atomic E-state index is 10.9. The number of hydrogen-bond acceptors (Lipinski definition) is 2. The van der Waals surface area contributed by atoms with Crippen molar-refractivity contribution in [3.63, 3.8) is 0 Å². The zero-order valence-electron chi connectivity index (χ0n) is 6.86. The number of pyridine rings is 1. The van der Waals surface area contributed by atoms with Gasteiger partial charge in [0.15, 0.2) is 0 Å². The van der Waals surface area contributed by atoms with Crippen LogP contribution in [0.2, 0.25) is 0 Å². The molecule has 0 unspecified atom stereocenters. The Kier molecular flexibility index (Phi) is 1.68. The van der Waals surface area contributed by atoms with E-state index in [-0.39, 0.29) is 5.41 Å². The highest BCUT2D eigenvalue weighted by Crippen LogP contribution is 2.41. The molecule has 1 saturated carbocycles. The van der Waals surface area contributed by atoms with Crippen LogP contribution >= 0.6 is 0 Å². The van der Waals surface area contributed by atoms with Gasteiger partial charge in [-0.15, -0.1) is 0 Å². The van der Waals surface area contributed by atoms with Gasteiger partial charge in [-0.1, -0.05) is 12.5 Å². The Morgan fingerprint density at radius 1 is 1.50 bits per heavy atom. The van der Waals surface area contributed by atoms with Gasteiger partial charge in [0.25, 0.3) is 0 Å². The predicted molar refractivity (Wildman–Crippen MR) is 45.8 cm³/mol. The van der Waals surface area contributed by atoms with Gasteiger partial charge in [0, 0.05) is 12.4 Å². The van der Waals surface area contributed by atoms with Crippen molar-refractivity contribution >= 4 is 6.29 Å². The normalized spacial score (nSPS) is 19.7. The van der Waals surface area contributed by atoms with Crippen LogP contribution in [0.15, 0.2) is 24.5 Å². The van der Waals surface area contributed by atoms with E-state index in [0.717, 1.165) is 31.1 Å². The van der Waals surface area contributed by atoms with Gasteiger partial charge in [-0.2, -0.15) is 0 Å². The van der Waals surface area contributed by atoms with Crippen molar-refractivity contribution in [1.29, 1.82) is 0 Å². The molecule has 0 spiro atoms. The molecule has 0 radical (unpaired) electrons. The van der Waals surface area contributed by atoms with Crippen LogP contribution in [0.1, 0.15) is 24.8 Å². The van der Waals surface area contributed by atoms with E-state index < -0.39 is 0 Å². The van der Waals surface area contributed by atoms with Gasteiger partial charge < -0.3 is 4.79 Å². The lowest BCUT2D eigenvalue weighted by Crippen LogP contribution is -2.35. The number of carbonyl (C=O) groups excluding carboxylic acids is 1. The first kappa shape index (κ1) is 7.47. The topological polar surface area (TPSA) is 30.0 Å². The number of rotatable bonds is 2. The molecule has 1 aliphatic rings. The summed E-state index contributed by atoms with van der Waals surface area (Å²) in [4.78, 5) is 14.9. The molecule has 0 atom stereocenters. The molecule has 0 bridgehead atoms. The molecule has 0 N–H and O–H groups in total. The molecular formula is C10H11NO. The smallest absolute Gasteiger partial charge is 0.130 e. The summed E-state index contributed by atoms with van der Waals surface area (Å²) in [6, 6.07) is 3.87. The van der Waals surface area contributed by atoms with Crippen LogP contribution in [-0.2, 0) is 10.2 Å². The number of hydrogen-bond donors (Lipinski definition) is 0. The van der Waals surface area contributed by atoms with Gasteiger partial charge >= 0.3 is 0 Å². The largest absolute Gasteiger partial charge is 0.302 e. The van der Waals surface area contributed by atoms with Gasteiger partial charge in [-0.25, -0.2) is 0 Å². The van der Waals surface area contributed by atoms with Crippen molar-refractivity contribution < 1.29 is 4.79 Å². The van der Waals surface area contributed by atoms with E-state index in [1.54, 1.807) is 12.4 Å². The van der Waals surface area contributed by atoms with Crippen LogP contribution in [0, 0.1) is 0 Å². The van der Waals surface area contributed by atoms with Gasteiger partial charge in [0.05, 0.1) is 5.41 Å². The van der Waals surface area contributed by atoms with E-state index in [0.29, 0.717) is 0 Å².